The number of hydrogen-bond donors (Lipinski definition) is 10. The third kappa shape index (κ3) is 25.2. The molecule has 0 radical (unpaired) electrons. The highest BCUT2D eigenvalue weighted by Crippen LogP contribution is 2.46. The van der Waals surface area contributed by atoms with Crippen LogP contribution in [0.5, 0.6) is 0 Å². The van der Waals surface area contributed by atoms with E-state index in [0.717, 1.165) is 130 Å². The number of aryl methyl sites for hydroxylation is 4. The average molecular weight is 2020 g/mol. The van der Waals surface area contributed by atoms with Crippen LogP contribution in [0.1, 0.15) is 196 Å². The summed E-state index contributed by atoms with van der Waals surface area (Å²) in [6.45, 7) is 19.2. The van der Waals surface area contributed by atoms with Crippen molar-refractivity contribution in [1.29, 1.82) is 0 Å². The van der Waals surface area contributed by atoms with Crippen molar-refractivity contribution in [3.05, 3.63) is 262 Å². The van der Waals surface area contributed by atoms with Gasteiger partial charge in [0.2, 0.25) is 29.5 Å². The molecule has 10 heterocycles. The molecule has 2 aliphatic carbocycles. The second-order valence-electron chi connectivity index (χ2n) is 41.6. The summed E-state index contributed by atoms with van der Waals surface area (Å²) in [5.74, 6) is -1.46. The number of aliphatic carboxylic acids is 1. The van der Waals surface area contributed by atoms with Crippen LogP contribution in [-0.2, 0) is 75.2 Å². The van der Waals surface area contributed by atoms with E-state index in [2.05, 4.69) is 91.3 Å². The summed E-state index contributed by atoms with van der Waals surface area (Å²) in [6.07, 6.45) is 11.7. The summed E-state index contributed by atoms with van der Waals surface area (Å²) in [5.41, 5.74) is 47.2. The molecular formula is C115H131N19O11S2. The molecule has 0 spiro atoms. The Morgan fingerprint density at radius 3 is 1.31 bits per heavy atom. The van der Waals surface area contributed by atoms with Gasteiger partial charge in [0.15, 0.2) is 22.9 Å². The van der Waals surface area contributed by atoms with Crippen molar-refractivity contribution in [3.8, 4) is 77.5 Å². The zero-order valence-corrected chi connectivity index (χ0v) is 86.5. The van der Waals surface area contributed by atoms with Crippen molar-refractivity contribution in [2.75, 3.05) is 37.6 Å². The summed E-state index contributed by atoms with van der Waals surface area (Å²) in [7, 11) is 0. The number of nitrogens with zero attached hydrogens (tertiary/aromatic N) is 12. The molecule has 14 aromatic rings. The molecule has 14 N–H and O–H groups in total. The first-order valence-electron chi connectivity index (χ1n) is 50.6. The lowest BCUT2D eigenvalue weighted by Gasteiger charge is -2.39. The van der Waals surface area contributed by atoms with Gasteiger partial charge < -0.3 is 64.0 Å². The molecule has 2 saturated carbocycles. The average Bonchev–Trinajstić information content (AvgIpc) is 1.62. The number of carbonyl (C=O) groups excluding carboxylic acids is 7. The topological polar surface area (TPSA) is 457 Å². The highest BCUT2D eigenvalue weighted by atomic mass is 32.1. The fraction of sp³-hybridized carbons (Fsp3) is 0.374. The van der Waals surface area contributed by atoms with E-state index in [9.17, 15) is 48.6 Å². The number of aliphatic hydroxyl groups excluding tert-OH is 2. The Morgan fingerprint density at radius 2 is 0.918 bits per heavy atom. The third-order valence-electron chi connectivity index (χ3n) is 28.9. The first-order valence-corrected chi connectivity index (χ1v) is 52.4. The van der Waals surface area contributed by atoms with Gasteiger partial charge in [0.1, 0.15) is 46.3 Å². The monoisotopic (exact) mass is 2020 g/mol. The quantitative estimate of drug-likeness (QED) is 0.0165. The number of carboxylic acid groups (broad SMARTS) is 1. The molecule has 8 aromatic heterocycles. The number of aliphatic hydroxyl groups is 2. The molecular weight excluding hydrogens is 1890 g/mol. The molecule has 6 atom stereocenters. The Morgan fingerprint density at radius 1 is 0.483 bits per heavy atom. The number of pyridine rings is 4. The maximum absolute atomic E-state index is 14.2. The Kier molecular flexibility index (Phi) is 33.2. The molecule has 4 fully saturated rings. The fourth-order valence-electron chi connectivity index (χ4n) is 19.8. The summed E-state index contributed by atoms with van der Waals surface area (Å²) in [4.78, 5) is 147. The molecule has 5 amide bonds. The first-order chi connectivity index (χ1) is 70.5. The number of imidazole rings is 2. The molecule has 2 saturated heterocycles. The maximum Gasteiger partial charge on any atom is 0.303 e. The van der Waals surface area contributed by atoms with Gasteiger partial charge in [-0.05, 0) is 224 Å². The molecule has 32 heteroatoms. The van der Waals surface area contributed by atoms with Crippen LogP contribution in [0.4, 0.5) is 11.6 Å². The van der Waals surface area contributed by atoms with Gasteiger partial charge in [-0.3, -0.25) is 47.5 Å². The van der Waals surface area contributed by atoms with Crippen LogP contribution in [0.15, 0.2) is 218 Å². The van der Waals surface area contributed by atoms with Crippen molar-refractivity contribution >= 4 is 104 Å². The van der Waals surface area contributed by atoms with Crippen molar-refractivity contribution in [2.45, 2.75) is 226 Å². The molecule has 4 aliphatic rings. The normalized spacial score (nSPS) is 16.6. The molecule has 2 aliphatic heterocycles. The van der Waals surface area contributed by atoms with Crippen LogP contribution in [0.2, 0.25) is 0 Å². The van der Waals surface area contributed by atoms with Gasteiger partial charge in [-0.1, -0.05) is 164 Å². The number of Topliss-reactive ketones (excluding diaryl/α,β-unsaturated/α-hetero) is 2. The molecule has 6 aromatic carbocycles. The van der Waals surface area contributed by atoms with Crippen LogP contribution >= 0.6 is 22.7 Å². The van der Waals surface area contributed by atoms with Gasteiger partial charge in [-0.15, -0.1) is 22.7 Å². The smallest absolute Gasteiger partial charge is 0.303 e. The van der Waals surface area contributed by atoms with Crippen molar-refractivity contribution in [2.24, 2.45) is 34.1 Å². The minimum Gasteiger partial charge on any atom is -0.481 e. The lowest BCUT2D eigenvalue weighted by atomic mass is 9.66. The number of nitrogen functional groups attached to an aromatic ring is 2. The number of nitrogens with two attached hydrogens (primary N) is 4. The predicted molar refractivity (Wildman–Crippen MR) is 575 cm³/mol. The molecule has 30 nitrogen and oxygen atoms in total. The van der Waals surface area contributed by atoms with Crippen LogP contribution in [0.3, 0.4) is 0 Å². The number of carboxylic acids is 1. The zero-order chi connectivity index (χ0) is 104. The van der Waals surface area contributed by atoms with E-state index < -0.39 is 52.9 Å². The summed E-state index contributed by atoms with van der Waals surface area (Å²) in [6, 6.07) is 62.4. The number of aromatic nitrogens is 10. The van der Waals surface area contributed by atoms with E-state index in [0.29, 0.717) is 91.8 Å². The van der Waals surface area contributed by atoms with Gasteiger partial charge in [0, 0.05) is 136 Å². The van der Waals surface area contributed by atoms with Crippen LogP contribution in [0.25, 0.3) is 99.9 Å². The van der Waals surface area contributed by atoms with E-state index in [1.165, 1.54) is 34.6 Å². The minimum atomic E-state index is -0.853. The van der Waals surface area contributed by atoms with Crippen LogP contribution in [0, 0.1) is 36.5 Å². The van der Waals surface area contributed by atoms with E-state index in [1.807, 2.05) is 221 Å². The number of carbonyl (C=O) groups is 8. The summed E-state index contributed by atoms with van der Waals surface area (Å²) >= 11 is 3.17. The Bertz CT molecular complexity index is 7100. The number of likely N-dealkylation sites (tertiary alicyclic amines) is 2. The van der Waals surface area contributed by atoms with Crippen molar-refractivity contribution < 1.29 is 53.7 Å². The number of hydrogen-bond acceptors (Lipinski definition) is 24. The van der Waals surface area contributed by atoms with Crippen molar-refractivity contribution in [1.82, 2.24) is 74.8 Å². The van der Waals surface area contributed by atoms with E-state index in [-0.39, 0.29) is 117 Å². The largest absolute Gasteiger partial charge is 0.481 e. The number of amides is 5. The molecule has 0 bridgehead atoms. The van der Waals surface area contributed by atoms with Crippen molar-refractivity contribution in [3.63, 3.8) is 0 Å². The van der Waals surface area contributed by atoms with Gasteiger partial charge >= 0.3 is 5.97 Å². The highest BCUT2D eigenvalue weighted by Gasteiger charge is 2.47. The van der Waals surface area contributed by atoms with E-state index in [4.69, 9.17) is 48.0 Å². The standard InChI is InChI=1S/C57H64N10O5S.C31H29N5O2.C27H38N4O4S/c1-35-50(73-34-63-35)38-16-13-37(14-17-38)32-62-54(71)48-31-43(69)33-66(48)55(72)45(56(2,3)4)30-42(68)11-6-27-60-49(70)24-15-36-9-5-10-39(29-36)46-22-23-47-53(64-46)67(52(65-47)44-12-7-28-61-51(44)58)41-20-18-40(19-21-41)57(59)25-8-26-57;1-31(16-4-17-31)22-9-11-23(12-10-22)36-29(24-7-3-18-33-28(24)32)35-26-14-13-25(34-30(26)36)21-6-2-5-20(19-21)8-15-27(37)38;1-17-24(36-16-30-17)19-9-7-18(8-10-19)14-29-25(34)23-13-21(33)15-31(23)26(35)22(27(2,3)4)12-20(32)6-5-11-28/h5,7,9-10,12-14,16-23,28-29,34,43,45,48,69H,6,8,11,15,24-27,30-33,59H2,1-4H3,(H2,58,61)(H,60,70)(H,62,71);2-3,5-7,9-14,18-19H,4,8,15-17H2,1H3,(H2,32,33)(H,37,38);7-10,16,21-23,33H,5-6,11-15,28H2,1-4H3,(H,29,34)/t43-,45-,48+;;21-,22-,23+/m1.1/s1. The van der Waals surface area contributed by atoms with Crippen LogP contribution in [-0.4, -0.2) is 172 Å². The second-order valence-corrected chi connectivity index (χ2v) is 43.3. The number of anilines is 2. The van der Waals surface area contributed by atoms with E-state index >= 15 is 0 Å². The molecule has 0 unspecified atom stereocenters. The number of rotatable bonds is 35. The molecule has 147 heavy (non-hydrogen) atoms. The number of thiazole rings is 2. The highest BCUT2D eigenvalue weighted by molar-refractivity contribution is 7.13. The summed E-state index contributed by atoms with van der Waals surface area (Å²) in [5, 5.41) is 38.9. The number of fused-ring (bicyclic) bond motifs is 2. The zero-order valence-electron chi connectivity index (χ0n) is 84.8. The van der Waals surface area contributed by atoms with Gasteiger partial charge in [0.25, 0.3) is 0 Å². The SMILES string of the molecule is CC1(c2ccc(-n3c(-c4cccnc4N)nc4ccc(-c5cccc(CCC(=O)O)c5)nc43)cc2)CCC1.Cc1ncsc1-c1ccc(CNC(=O)[C@@H]2C[C@@H](O)CN2C(=O)[C@@H](CC(=O)CCCN)C(C)(C)C)cc1.Cc1ncsc1-c1ccc(CNC(=O)[C@@H]2C[C@@H](O)CN2C(=O)[C@@H](CC(=O)CCCNC(=O)CCc2cccc(-c3ccc4nc(-c5cccnc5N)n(-c5ccc(C6(N)CCC6)cc5)c4n3)c2)C(C)(C)C)cc1. The Balaban J connectivity index is 0.000000175. The fourth-order valence-corrected chi connectivity index (χ4v) is 21.4. The minimum absolute atomic E-state index is 0.00791. The van der Waals surface area contributed by atoms with Gasteiger partial charge in [-0.25, -0.2) is 39.9 Å². The summed E-state index contributed by atoms with van der Waals surface area (Å²) < 4.78 is 4.06. The lowest BCUT2D eigenvalue weighted by Crippen LogP contribution is -2.50. The van der Waals surface area contributed by atoms with Crippen LogP contribution < -0.4 is 38.9 Å². The predicted octanol–water partition coefficient (Wildman–Crippen LogP) is 17.5. The van der Waals surface area contributed by atoms with E-state index in [1.54, 1.807) is 35.1 Å². The second kappa shape index (κ2) is 46.2. The first kappa shape index (κ1) is 106. The molecule has 764 valence electrons. The number of β-amino-alcohol motifs (C(OH)–C–C–N with tert-alkyl or cyclic N) is 2. The van der Waals surface area contributed by atoms with Gasteiger partial charge in [-0.2, -0.15) is 0 Å². The Labute approximate surface area is 864 Å². The number of ketones is 2. The van der Waals surface area contributed by atoms with Gasteiger partial charge in [0.05, 0.1) is 66.9 Å². The lowest BCUT2D eigenvalue weighted by molar-refractivity contribution is -0.146. The number of benzene rings is 6. The third-order valence-corrected chi connectivity index (χ3v) is 30.8. The molecule has 18 rings (SSSR count). The maximum atomic E-state index is 14.2. The number of nitrogens with one attached hydrogen (secondary N) is 3. The Hall–Kier alpha value is -14.3.